The van der Waals surface area contributed by atoms with Crippen molar-refractivity contribution in [3.8, 4) is 0 Å². The standard InChI is InChI=1S/C12H22N2O2/c1-14(8-10-4-11(15)5-10)12(16)7-13-6-9-2-3-9/h9-11,13,15H,2-8H2,1H3. The molecule has 2 N–H and O–H groups in total. The van der Waals surface area contributed by atoms with Crippen molar-refractivity contribution in [2.24, 2.45) is 11.8 Å². The van der Waals surface area contributed by atoms with E-state index in [0.717, 1.165) is 31.8 Å². The number of hydrogen-bond acceptors (Lipinski definition) is 3. The van der Waals surface area contributed by atoms with Gasteiger partial charge in [-0.1, -0.05) is 0 Å². The number of hydrogen-bond donors (Lipinski definition) is 2. The fourth-order valence-corrected chi connectivity index (χ4v) is 2.18. The number of carbonyl (C=O) groups is 1. The van der Waals surface area contributed by atoms with E-state index < -0.39 is 0 Å². The zero-order valence-corrected chi connectivity index (χ0v) is 9.98. The van der Waals surface area contributed by atoms with Crippen LogP contribution in [0.2, 0.25) is 0 Å². The Hall–Kier alpha value is -0.610. The summed E-state index contributed by atoms with van der Waals surface area (Å²) in [4.78, 5) is 13.5. The number of aliphatic hydroxyl groups is 1. The summed E-state index contributed by atoms with van der Waals surface area (Å²) in [7, 11) is 1.85. The SMILES string of the molecule is CN(CC1CC(O)C1)C(=O)CNCC1CC1. The zero-order valence-electron chi connectivity index (χ0n) is 9.98. The maximum absolute atomic E-state index is 11.7. The lowest BCUT2D eigenvalue weighted by atomic mass is 9.82. The Balaban J connectivity index is 1.55. The van der Waals surface area contributed by atoms with E-state index in [9.17, 15) is 4.79 Å². The van der Waals surface area contributed by atoms with Crippen LogP contribution in [0.15, 0.2) is 0 Å². The van der Waals surface area contributed by atoms with Crippen LogP contribution in [0.5, 0.6) is 0 Å². The monoisotopic (exact) mass is 226 g/mol. The molecule has 0 aliphatic heterocycles. The van der Waals surface area contributed by atoms with E-state index in [2.05, 4.69) is 5.32 Å². The molecule has 4 nitrogen and oxygen atoms in total. The first-order valence-electron chi connectivity index (χ1n) is 6.28. The summed E-state index contributed by atoms with van der Waals surface area (Å²) in [5, 5.41) is 12.4. The quantitative estimate of drug-likeness (QED) is 0.681. The summed E-state index contributed by atoms with van der Waals surface area (Å²) in [6.45, 7) is 2.24. The Morgan fingerprint density at radius 3 is 2.62 bits per heavy atom. The summed E-state index contributed by atoms with van der Waals surface area (Å²) in [6, 6.07) is 0. The van der Waals surface area contributed by atoms with Crippen LogP contribution in [-0.4, -0.2) is 48.7 Å². The Kier molecular flexibility index (Phi) is 3.82. The van der Waals surface area contributed by atoms with E-state index in [4.69, 9.17) is 5.11 Å². The lowest BCUT2D eigenvalue weighted by molar-refractivity contribution is -0.130. The van der Waals surface area contributed by atoms with Crippen LogP contribution in [0, 0.1) is 11.8 Å². The van der Waals surface area contributed by atoms with Gasteiger partial charge in [-0.25, -0.2) is 0 Å². The second-order valence-electron chi connectivity index (χ2n) is 5.34. The van der Waals surface area contributed by atoms with Gasteiger partial charge in [0.15, 0.2) is 0 Å². The molecule has 0 unspecified atom stereocenters. The van der Waals surface area contributed by atoms with Gasteiger partial charge in [-0.05, 0) is 44.1 Å². The minimum atomic E-state index is -0.124. The van der Waals surface area contributed by atoms with Gasteiger partial charge in [-0.15, -0.1) is 0 Å². The molecule has 0 saturated heterocycles. The van der Waals surface area contributed by atoms with Gasteiger partial charge in [0.05, 0.1) is 12.6 Å². The number of nitrogens with zero attached hydrogens (tertiary/aromatic N) is 1. The van der Waals surface area contributed by atoms with E-state index in [1.54, 1.807) is 4.90 Å². The molecule has 0 aromatic rings. The maximum atomic E-state index is 11.7. The second-order valence-corrected chi connectivity index (χ2v) is 5.34. The van der Waals surface area contributed by atoms with E-state index in [0.29, 0.717) is 12.5 Å². The normalized spacial score (nSPS) is 28.6. The van der Waals surface area contributed by atoms with Crippen LogP contribution < -0.4 is 5.32 Å². The fourth-order valence-electron chi connectivity index (χ4n) is 2.18. The van der Waals surface area contributed by atoms with Crippen LogP contribution in [0.1, 0.15) is 25.7 Å². The summed E-state index contributed by atoms with van der Waals surface area (Å²) < 4.78 is 0. The molecule has 0 atom stereocenters. The topological polar surface area (TPSA) is 52.6 Å². The van der Waals surface area contributed by atoms with Crippen molar-refractivity contribution in [2.45, 2.75) is 31.8 Å². The average molecular weight is 226 g/mol. The minimum Gasteiger partial charge on any atom is -0.393 e. The lowest BCUT2D eigenvalue weighted by Gasteiger charge is -2.34. The van der Waals surface area contributed by atoms with Crippen LogP contribution in [-0.2, 0) is 4.79 Å². The molecule has 2 saturated carbocycles. The predicted molar refractivity (Wildman–Crippen MR) is 62.0 cm³/mol. The number of aliphatic hydroxyl groups excluding tert-OH is 1. The number of likely N-dealkylation sites (N-methyl/N-ethyl adjacent to an activating group) is 1. The highest BCUT2D eigenvalue weighted by Gasteiger charge is 2.29. The minimum absolute atomic E-state index is 0.124. The first-order chi connectivity index (χ1) is 7.65. The molecule has 1 amide bonds. The third-order valence-corrected chi connectivity index (χ3v) is 3.57. The van der Waals surface area contributed by atoms with Gasteiger partial charge in [0, 0.05) is 13.6 Å². The molecule has 2 fully saturated rings. The molecule has 16 heavy (non-hydrogen) atoms. The van der Waals surface area contributed by atoms with Crippen molar-refractivity contribution in [2.75, 3.05) is 26.7 Å². The number of amides is 1. The first-order valence-corrected chi connectivity index (χ1v) is 6.28. The largest absolute Gasteiger partial charge is 0.393 e. The average Bonchev–Trinajstić information content (AvgIpc) is 2.99. The summed E-state index contributed by atoms with van der Waals surface area (Å²) in [6.07, 6.45) is 4.22. The Morgan fingerprint density at radius 1 is 1.38 bits per heavy atom. The van der Waals surface area contributed by atoms with Gasteiger partial charge in [0.2, 0.25) is 5.91 Å². The van der Waals surface area contributed by atoms with Gasteiger partial charge in [0.1, 0.15) is 0 Å². The van der Waals surface area contributed by atoms with E-state index >= 15 is 0 Å². The number of carbonyl (C=O) groups excluding carboxylic acids is 1. The summed E-state index contributed by atoms with van der Waals surface area (Å²) in [5.41, 5.74) is 0. The van der Waals surface area contributed by atoms with Crippen molar-refractivity contribution in [3.05, 3.63) is 0 Å². The van der Waals surface area contributed by atoms with E-state index in [1.807, 2.05) is 7.05 Å². The molecule has 2 aliphatic rings. The van der Waals surface area contributed by atoms with Crippen molar-refractivity contribution in [3.63, 3.8) is 0 Å². The second kappa shape index (κ2) is 5.15. The molecule has 0 aromatic carbocycles. The Bertz CT molecular complexity index is 247. The molecule has 92 valence electrons. The third-order valence-electron chi connectivity index (χ3n) is 3.57. The smallest absolute Gasteiger partial charge is 0.236 e. The predicted octanol–water partition coefficient (Wildman–Crippen LogP) is 0.215. The molecule has 0 heterocycles. The van der Waals surface area contributed by atoms with Crippen molar-refractivity contribution >= 4 is 5.91 Å². The van der Waals surface area contributed by atoms with Crippen LogP contribution in [0.3, 0.4) is 0 Å². The lowest BCUT2D eigenvalue weighted by Crippen LogP contribution is -2.42. The third kappa shape index (κ3) is 3.46. The highest BCUT2D eigenvalue weighted by molar-refractivity contribution is 5.77. The molecule has 4 heteroatoms. The molecule has 0 bridgehead atoms. The van der Waals surface area contributed by atoms with Gasteiger partial charge >= 0.3 is 0 Å². The molecule has 2 aliphatic carbocycles. The summed E-state index contributed by atoms with van der Waals surface area (Å²) >= 11 is 0. The number of rotatable bonds is 6. The van der Waals surface area contributed by atoms with E-state index in [-0.39, 0.29) is 12.0 Å². The molecule has 0 spiro atoms. The summed E-state index contributed by atoms with van der Waals surface area (Å²) in [5.74, 6) is 1.49. The van der Waals surface area contributed by atoms with Gasteiger partial charge in [-0.3, -0.25) is 4.79 Å². The van der Waals surface area contributed by atoms with Gasteiger partial charge in [0.25, 0.3) is 0 Å². The van der Waals surface area contributed by atoms with Crippen molar-refractivity contribution < 1.29 is 9.90 Å². The zero-order chi connectivity index (χ0) is 11.5. The van der Waals surface area contributed by atoms with Crippen LogP contribution >= 0.6 is 0 Å². The maximum Gasteiger partial charge on any atom is 0.236 e. The highest BCUT2D eigenvalue weighted by atomic mass is 16.3. The number of nitrogens with one attached hydrogen (secondary N) is 1. The van der Waals surface area contributed by atoms with Crippen LogP contribution in [0.25, 0.3) is 0 Å². The van der Waals surface area contributed by atoms with E-state index in [1.165, 1.54) is 12.8 Å². The molecular weight excluding hydrogens is 204 g/mol. The highest BCUT2D eigenvalue weighted by Crippen LogP contribution is 2.28. The molecular formula is C12H22N2O2. The van der Waals surface area contributed by atoms with Crippen LogP contribution in [0.4, 0.5) is 0 Å². The Labute approximate surface area is 97.0 Å². The Morgan fingerprint density at radius 2 is 2.06 bits per heavy atom. The van der Waals surface area contributed by atoms with Gasteiger partial charge < -0.3 is 15.3 Å². The van der Waals surface area contributed by atoms with Gasteiger partial charge in [-0.2, -0.15) is 0 Å². The molecule has 2 rings (SSSR count). The molecule has 0 aromatic heterocycles. The van der Waals surface area contributed by atoms with Crippen molar-refractivity contribution in [1.29, 1.82) is 0 Å². The van der Waals surface area contributed by atoms with Crippen molar-refractivity contribution in [1.82, 2.24) is 10.2 Å². The fraction of sp³-hybridized carbons (Fsp3) is 0.917. The first kappa shape index (κ1) is 11.9. The molecule has 0 radical (unpaired) electrons.